The van der Waals surface area contributed by atoms with Crippen molar-refractivity contribution < 1.29 is 19.1 Å². The van der Waals surface area contributed by atoms with Crippen LogP contribution in [0.5, 0.6) is 11.5 Å². The number of amides is 2. The minimum Gasteiger partial charge on any atom is -0.493 e. The third-order valence-corrected chi connectivity index (χ3v) is 5.15. The predicted octanol–water partition coefficient (Wildman–Crippen LogP) is 3.23. The van der Waals surface area contributed by atoms with Crippen molar-refractivity contribution in [1.29, 1.82) is 0 Å². The Bertz CT molecular complexity index is 913. The number of nitrogens with zero attached hydrogens (tertiary/aromatic N) is 1. The highest BCUT2D eigenvalue weighted by Gasteiger charge is 2.18. The number of para-hydroxylation sites is 1. The molecule has 0 saturated carbocycles. The van der Waals surface area contributed by atoms with E-state index in [9.17, 15) is 9.59 Å². The summed E-state index contributed by atoms with van der Waals surface area (Å²) < 4.78 is 10.6. The van der Waals surface area contributed by atoms with Gasteiger partial charge >= 0.3 is 0 Å². The summed E-state index contributed by atoms with van der Waals surface area (Å²) in [6.45, 7) is 3.89. The number of fused-ring (bicyclic) bond motifs is 1. The number of rotatable bonds is 8. The zero-order chi connectivity index (χ0) is 21.5. The van der Waals surface area contributed by atoms with Crippen molar-refractivity contribution >= 4 is 23.2 Å². The Balaban J connectivity index is 1.60. The van der Waals surface area contributed by atoms with Gasteiger partial charge in [0.15, 0.2) is 11.5 Å². The average molecular weight is 412 g/mol. The lowest BCUT2D eigenvalue weighted by Crippen LogP contribution is -2.33. The highest BCUT2D eigenvalue weighted by molar-refractivity contribution is 5.99. The summed E-state index contributed by atoms with van der Waals surface area (Å²) >= 11 is 0. The van der Waals surface area contributed by atoms with E-state index in [1.54, 1.807) is 12.1 Å². The molecule has 7 heteroatoms. The van der Waals surface area contributed by atoms with E-state index in [0.717, 1.165) is 32.4 Å². The monoisotopic (exact) mass is 411 g/mol. The number of nitrogens with one attached hydrogen (secondary N) is 2. The topological polar surface area (TPSA) is 79.9 Å². The fourth-order valence-electron chi connectivity index (χ4n) is 3.80. The van der Waals surface area contributed by atoms with Gasteiger partial charge in [-0.05, 0) is 43.0 Å². The van der Waals surface area contributed by atoms with Crippen molar-refractivity contribution in [3.63, 3.8) is 0 Å². The first kappa shape index (κ1) is 21.5. The Kier molecular flexibility index (Phi) is 7.17. The maximum atomic E-state index is 12.7. The summed E-state index contributed by atoms with van der Waals surface area (Å²) in [5.74, 6) is 0.295. The van der Waals surface area contributed by atoms with Gasteiger partial charge < -0.3 is 25.0 Å². The molecule has 2 aromatic rings. The zero-order valence-electron chi connectivity index (χ0n) is 17.8. The maximum Gasteiger partial charge on any atom is 0.251 e. The summed E-state index contributed by atoms with van der Waals surface area (Å²) in [6, 6.07) is 11.7. The SMILES string of the molecule is COc1cc(C(=O)NCCCN2CCCc3ccccc32)cc(NC(C)=O)c1OC. The van der Waals surface area contributed by atoms with E-state index in [0.29, 0.717) is 29.3 Å². The normalized spacial score (nSPS) is 12.7. The Morgan fingerprint density at radius 2 is 1.93 bits per heavy atom. The molecule has 0 spiro atoms. The minimum absolute atomic E-state index is 0.221. The second-order valence-corrected chi connectivity index (χ2v) is 7.27. The first-order chi connectivity index (χ1) is 14.5. The number of carbonyl (C=O) groups excluding carboxylic acids is 2. The fraction of sp³-hybridized carbons (Fsp3) is 0.391. The average Bonchev–Trinajstić information content (AvgIpc) is 2.75. The molecule has 0 fully saturated rings. The lowest BCUT2D eigenvalue weighted by atomic mass is 10.0. The molecule has 0 bridgehead atoms. The van der Waals surface area contributed by atoms with Gasteiger partial charge in [0.1, 0.15) is 0 Å². The van der Waals surface area contributed by atoms with Gasteiger partial charge in [0, 0.05) is 37.8 Å². The highest BCUT2D eigenvalue weighted by atomic mass is 16.5. The first-order valence-corrected chi connectivity index (χ1v) is 10.2. The molecular weight excluding hydrogens is 382 g/mol. The standard InChI is InChI=1S/C23H29N3O4/c1-16(27)25-19-14-18(15-21(29-2)22(19)30-3)23(28)24-11-7-13-26-12-6-9-17-8-4-5-10-20(17)26/h4-5,8,10,14-15H,6-7,9,11-13H2,1-3H3,(H,24,28)(H,25,27). The molecule has 7 nitrogen and oxygen atoms in total. The maximum absolute atomic E-state index is 12.7. The van der Waals surface area contributed by atoms with Crippen LogP contribution in [0, 0.1) is 0 Å². The van der Waals surface area contributed by atoms with Crippen molar-refractivity contribution in [3.8, 4) is 11.5 Å². The zero-order valence-corrected chi connectivity index (χ0v) is 17.8. The van der Waals surface area contributed by atoms with Gasteiger partial charge in [-0.2, -0.15) is 0 Å². The van der Waals surface area contributed by atoms with E-state index in [1.165, 1.54) is 32.4 Å². The number of carbonyl (C=O) groups is 2. The molecule has 0 unspecified atom stereocenters. The molecule has 2 amide bonds. The van der Waals surface area contributed by atoms with Gasteiger partial charge in [0.2, 0.25) is 5.91 Å². The van der Waals surface area contributed by atoms with Crippen LogP contribution < -0.4 is 25.0 Å². The summed E-state index contributed by atoms with van der Waals surface area (Å²) in [5.41, 5.74) is 3.50. The van der Waals surface area contributed by atoms with Crippen LogP contribution in [-0.4, -0.2) is 45.7 Å². The number of methoxy groups -OCH3 is 2. The van der Waals surface area contributed by atoms with Crippen LogP contribution in [0.2, 0.25) is 0 Å². The van der Waals surface area contributed by atoms with Crippen LogP contribution in [0.25, 0.3) is 0 Å². The van der Waals surface area contributed by atoms with Crippen molar-refractivity contribution in [2.75, 3.05) is 44.1 Å². The predicted molar refractivity (Wildman–Crippen MR) is 118 cm³/mol. The summed E-state index contributed by atoms with van der Waals surface area (Å²) in [7, 11) is 2.98. The molecular formula is C23H29N3O4. The van der Waals surface area contributed by atoms with Crippen LogP contribution in [0.4, 0.5) is 11.4 Å². The Labute approximate surface area is 177 Å². The van der Waals surface area contributed by atoms with Gasteiger partial charge in [0.05, 0.1) is 19.9 Å². The number of hydrogen-bond acceptors (Lipinski definition) is 5. The number of ether oxygens (including phenoxy) is 2. The molecule has 1 aliphatic heterocycles. The summed E-state index contributed by atoms with van der Waals surface area (Å²) in [5, 5.41) is 5.64. The van der Waals surface area contributed by atoms with Crippen molar-refractivity contribution in [1.82, 2.24) is 5.32 Å². The second-order valence-electron chi connectivity index (χ2n) is 7.27. The van der Waals surface area contributed by atoms with Gasteiger partial charge in [0.25, 0.3) is 5.91 Å². The van der Waals surface area contributed by atoms with Crippen molar-refractivity contribution in [2.24, 2.45) is 0 Å². The van der Waals surface area contributed by atoms with E-state index < -0.39 is 0 Å². The van der Waals surface area contributed by atoms with Crippen LogP contribution in [-0.2, 0) is 11.2 Å². The molecule has 2 aromatic carbocycles. The van der Waals surface area contributed by atoms with Gasteiger partial charge in [-0.1, -0.05) is 18.2 Å². The molecule has 3 rings (SSSR count). The quantitative estimate of drug-likeness (QED) is 0.652. The van der Waals surface area contributed by atoms with Crippen LogP contribution >= 0.6 is 0 Å². The van der Waals surface area contributed by atoms with Crippen molar-refractivity contribution in [3.05, 3.63) is 47.5 Å². The smallest absolute Gasteiger partial charge is 0.251 e. The Hall–Kier alpha value is -3.22. The number of hydrogen-bond donors (Lipinski definition) is 2. The lowest BCUT2D eigenvalue weighted by molar-refractivity contribution is -0.114. The lowest BCUT2D eigenvalue weighted by Gasteiger charge is -2.31. The molecule has 0 aliphatic carbocycles. The van der Waals surface area contributed by atoms with Crippen LogP contribution in [0.1, 0.15) is 35.7 Å². The molecule has 0 aromatic heterocycles. The van der Waals surface area contributed by atoms with E-state index in [2.05, 4.69) is 39.8 Å². The first-order valence-electron chi connectivity index (χ1n) is 10.2. The largest absolute Gasteiger partial charge is 0.493 e. The number of anilines is 2. The van der Waals surface area contributed by atoms with Gasteiger partial charge in [-0.15, -0.1) is 0 Å². The Morgan fingerprint density at radius 3 is 2.67 bits per heavy atom. The number of benzene rings is 2. The molecule has 0 saturated heterocycles. The third-order valence-electron chi connectivity index (χ3n) is 5.15. The Morgan fingerprint density at radius 1 is 1.13 bits per heavy atom. The van der Waals surface area contributed by atoms with E-state index >= 15 is 0 Å². The molecule has 0 atom stereocenters. The molecule has 30 heavy (non-hydrogen) atoms. The van der Waals surface area contributed by atoms with E-state index in [4.69, 9.17) is 9.47 Å². The van der Waals surface area contributed by atoms with E-state index in [-0.39, 0.29) is 11.8 Å². The number of aryl methyl sites for hydroxylation is 1. The molecule has 160 valence electrons. The summed E-state index contributed by atoms with van der Waals surface area (Å²) in [6.07, 6.45) is 3.12. The summed E-state index contributed by atoms with van der Waals surface area (Å²) in [4.78, 5) is 26.5. The minimum atomic E-state index is -0.255. The van der Waals surface area contributed by atoms with Crippen molar-refractivity contribution in [2.45, 2.75) is 26.2 Å². The van der Waals surface area contributed by atoms with Gasteiger partial charge in [-0.25, -0.2) is 0 Å². The van der Waals surface area contributed by atoms with Crippen LogP contribution in [0.3, 0.4) is 0 Å². The molecule has 2 N–H and O–H groups in total. The third kappa shape index (κ3) is 5.03. The molecule has 0 radical (unpaired) electrons. The fourth-order valence-corrected chi connectivity index (χ4v) is 3.80. The van der Waals surface area contributed by atoms with Crippen LogP contribution in [0.15, 0.2) is 36.4 Å². The highest BCUT2D eigenvalue weighted by Crippen LogP contribution is 2.36. The van der Waals surface area contributed by atoms with Gasteiger partial charge in [-0.3, -0.25) is 9.59 Å². The van der Waals surface area contributed by atoms with E-state index in [1.807, 2.05) is 0 Å². The molecule has 1 heterocycles. The second kappa shape index (κ2) is 10.0. The molecule has 1 aliphatic rings.